The van der Waals surface area contributed by atoms with Crippen molar-refractivity contribution in [3.8, 4) is 0 Å². The van der Waals surface area contributed by atoms with Gasteiger partial charge >= 0.3 is 5.63 Å². The molecule has 0 fully saturated rings. The Morgan fingerprint density at radius 3 is 2.78 bits per heavy atom. The molecule has 0 unspecified atom stereocenters. The van der Waals surface area contributed by atoms with Gasteiger partial charge in [-0.2, -0.15) is 0 Å². The number of benzene rings is 1. The largest absolute Gasteiger partial charge is 0.423 e. The number of anilines is 1. The highest BCUT2D eigenvalue weighted by Gasteiger charge is 2.06. The van der Waals surface area contributed by atoms with E-state index < -0.39 is 0 Å². The SMILES string of the molecule is CC(C)CC(=O)Nc1ccc2oc(=O)ccc2c1. The van der Waals surface area contributed by atoms with Gasteiger partial charge in [0.15, 0.2) is 0 Å². The normalized spacial score (nSPS) is 10.8. The van der Waals surface area contributed by atoms with Crippen LogP contribution >= 0.6 is 0 Å². The Labute approximate surface area is 105 Å². The van der Waals surface area contributed by atoms with Crippen molar-refractivity contribution in [2.75, 3.05) is 5.32 Å². The molecule has 0 saturated carbocycles. The summed E-state index contributed by atoms with van der Waals surface area (Å²) in [5.74, 6) is 0.310. The lowest BCUT2D eigenvalue weighted by molar-refractivity contribution is -0.116. The van der Waals surface area contributed by atoms with E-state index in [1.54, 1.807) is 24.3 Å². The van der Waals surface area contributed by atoms with Gasteiger partial charge in [-0.1, -0.05) is 13.8 Å². The fourth-order valence-electron chi connectivity index (χ4n) is 1.73. The maximum Gasteiger partial charge on any atom is 0.336 e. The standard InChI is InChI=1S/C14H15NO3/c1-9(2)7-13(16)15-11-4-5-12-10(8-11)3-6-14(17)18-12/h3-6,8-9H,7H2,1-2H3,(H,15,16). The van der Waals surface area contributed by atoms with Crippen LogP contribution in [0.5, 0.6) is 0 Å². The predicted octanol–water partition coefficient (Wildman–Crippen LogP) is 2.78. The molecule has 1 N–H and O–H groups in total. The molecule has 2 rings (SSSR count). The lowest BCUT2D eigenvalue weighted by Gasteiger charge is -2.07. The van der Waals surface area contributed by atoms with E-state index >= 15 is 0 Å². The van der Waals surface area contributed by atoms with Crippen LogP contribution in [0.1, 0.15) is 20.3 Å². The zero-order valence-electron chi connectivity index (χ0n) is 10.4. The number of fused-ring (bicyclic) bond motifs is 1. The lowest BCUT2D eigenvalue weighted by atomic mass is 10.1. The maximum absolute atomic E-state index is 11.6. The van der Waals surface area contributed by atoms with Gasteiger partial charge in [-0.05, 0) is 30.2 Å². The quantitative estimate of drug-likeness (QED) is 0.846. The Kier molecular flexibility index (Phi) is 3.46. The van der Waals surface area contributed by atoms with Gasteiger partial charge in [0.25, 0.3) is 0 Å². The molecule has 94 valence electrons. The number of nitrogens with one attached hydrogen (secondary N) is 1. The van der Waals surface area contributed by atoms with Crippen molar-refractivity contribution < 1.29 is 9.21 Å². The van der Waals surface area contributed by atoms with Crippen molar-refractivity contribution in [2.24, 2.45) is 5.92 Å². The highest BCUT2D eigenvalue weighted by atomic mass is 16.4. The highest BCUT2D eigenvalue weighted by molar-refractivity contribution is 5.93. The monoisotopic (exact) mass is 245 g/mol. The van der Waals surface area contributed by atoms with Crippen LogP contribution in [0.4, 0.5) is 5.69 Å². The average Bonchev–Trinajstić information content (AvgIpc) is 2.28. The van der Waals surface area contributed by atoms with Crippen molar-refractivity contribution in [3.05, 3.63) is 40.8 Å². The first-order valence-electron chi connectivity index (χ1n) is 5.88. The molecular formula is C14H15NO3. The Morgan fingerprint density at radius 2 is 2.06 bits per heavy atom. The Balaban J connectivity index is 2.22. The second-order valence-corrected chi connectivity index (χ2v) is 4.65. The van der Waals surface area contributed by atoms with Crippen molar-refractivity contribution in [2.45, 2.75) is 20.3 Å². The van der Waals surface area contributed by atoms with Crippen molar-refractivity contribution in [1.29, 1.82) is 0 Å². The first-order valence-corrected chi connectivity index (χ1v) is 5.88. The van der Waals surface area contributed by atoms with E-state index in [1.165, 1.54) is 6.07 Å². The van der Waals surface area contributed by atoms with E-state index in [1.807, 2.05) is 13.8 Å². The topological polar surface area (TPSA) is 59.3 Å². The first-order chi connectivity index (χ1) is 8.54. The molecule has 0 atom stereocenters. The summed E-state index contributed by atoms with van der Waals surface area (Å²) in [5.41, 5.74) is 0.852. The summed E-state index contributed by atoms with van der Waals surface area (Å²) in [7, 11) is 0. The molecule has 0 spiro atoms. The molecule has 1 aromatic carbocycles. The molecule has 0 bridgehead atoms. The second kappa shape index (κ2) is 5.04. The first kappa shape index (κ1) is 12.4. The second-order valence-electron chi connectivity index (χ2n) is 4.65. The minimum absolute atomic E-state index is 0.0123. The minimum Gasteiger partial charge on any atom is -0.423 e. The fourth-order valence-corrected chi connectivity index (χ4v) is 1.73. The molecule has 1 aromatic heterocycles. The number of carbonyl (C=O) groups is 1. The van der Waals surface area contributed by atoms with Crippen molar-refractivity contribution in [1.82, 2.24) is 0 Å². The van der Waals surface area contributed by atoms with E-state index in [9.17, 15) is 9.59 Å². The molecule has 1 amide bonds. The zero-order chi connectivity index (χ0) is 13.1. The summed E-state index contributed by atoms with van der Waals surface area (Å²) in [6.07, 6.45) is 0.488. The Morgan fingerprint density at radius 1 is 1.28 bits per heavy atom. The zero-order valence-corrected chi connectivity index (χ0v) is 10.4. The molecule has 2 aromatic rings. The van der Waals surface area contributed by atoms with Crippen LogP contribution < -0.4 is 10.9 Å². The molecule has 0 saturated heterocycles. The molecule has 18 heavy (non-hydrogen) atoms. The fraction of sp³-hybridized carbons (Fsp3) is 0.286. The van der Waals surface area contributed by atoms with E-state index in [4.69, 9.17) is 4.42 Å². The molecule has 0 aliphatic heterocycles. The van der Waals surface area contributed by atoms with E-state index in [0.29, 0.717) is 23.6 Å². The van der Waals surface area contributed by atoms with Crippen LogP contribution in [-0.2, 0) is 4.79 Å². The highest BCUT2D eigenvalue weighted by Crippen LogP contribution is 2.18. The van der Waals surface area contributed by atoms with Gasteiger partial charge in [0.1, 0.15) is 5.58 Å². The summed E-state index contributed by atoms with van der Waals surface area (Å²) >= 11 is 0. The van der Waals surface area contributed by atoms with Crippen LogP contribution in [-0.4, -0.2) is 5.91 Å². The third kappa shape index (κ3) is 2.97. The molecular weight excluding hydrogens is 230 g/mol. The van der Waals surface area contributed by atoms with Crippen LogP contribution in [0.2, 0.25) is 0 Å². The van der Waals surface area contributed by atoms with E-state index in [2.05, 4.69) is 5.32 Å². The van der Waals surface area contributed by atoms with E-state index in [-0.39, 0.29) is 11.5 Å². The number of carbonyl (C=O) groups excluding carboxylic acids is 1. The minimum atomic E-state index is -0.376. The average molecular weight is 245 g/mol. The van der Waals surface area contributed by atoms with Gasteiger partial charge in [0.2, 0.25) is 5.91 Å². The van der Waals surface area contributed by atoms with Crippen LogP contribution in [0.15, 0.2) is 39.5 Å². The van der Waals surface area contributed by atoms with Gasteiger partial charge in [0.05, 0.1) is 0 Å². The van der Waals surface area contributed by atoms with Crippen LogP contribution in [0.3, 0.4) is 0 Å². The van der Waals surface area contributed by atoms with Crippen molar-refractivity contribution >= 4 is 22.6 Å². The number of amides is 1. The smallest absolute Gasteiger partial charge is 0.336 e. The summed E-state index contributed by atoms with van der Waals surface area (Å²) in [5, 5.41) is 3.61. The molecule has 4 heteroatoms. The summed E-state index contributed by atoms with van der Waals surface area (Å²) in [6.45, 7) is 3.99. The molecule has 0 aliphatic rings. The Hall–Kier alpha value is -2.10. The third-order valence-corrected chi connectivity index (χ3v) is 2.50. The lowest BCUT2D eigenvalue weighted by Crippen LogP contribution is -2.13. The van der Waals surface area contributed by atoms with Gasteiger partial charge in [-0.25, -0.2) is 4.79 Å². The molecule has 1 heterocycles. The van der Waals surface area contributed by atoms with Crippen LogP contribution in [0, 0.1) is 5.92 Å². The van der Waals surface area contributed by atoms with Gasteiger partial charge < -0.3 is 9.73 Å². The third-order valence-electron chi connectivity index (χ3n) is 2.50. The molecule has 4 nitrogen and oxygen atoms in total. The van der Waals surface area contributed by atoms with Gasteiger partial charge in [0, 0.05) is 23.6 Å². The molecule has 0 aliphatic carbocycles. The summed E-state index contributed by atoms with van der Waals surface area (Å²) in [4.78, 5) is 22.7. The Bertz CT molecular complexity index is 628. The van der Waals surface area contributed by atoms with E-state index in [0.717, 1.165) is 5.39 Å². The maximum atomic E-state index is 11.6. The van der Waals surface area contributed by atoms with Crippen molar-refractivity contribution in [3.63, 3.8) is 0 Å². The van der Waals surface area contributed by atoms with Crippen LogP contribution in [0.25, 0.3) is 11.0 Å². The number of rotatable bonds is 3. The van der Waals surface area contributed by atoms with Gasteiger partial charge in [-0.3, -0.25) is 4.79 Å². The number of hydrogen-bond donors (Lipinski definition) is 1. The van der Waals surface area contributed by atoms with Gasteiger partial charge in [-0.15, -0.1) is 0 Å². The molecule has 0 radical (unpaired) electrons. The summed E-state index contributed by atoms with van der Waals surface area (Å²) in [6, 6.07) is 8.24. The number of hydrogen-bond acceptors (Lipinski definition) is 3. The summed E-state index contributed by atoms with van der Waals surface area (Å²) < 4.78 is 5.02. The predicted molar refractivity (Wildman–Crippen MR) is 70.6 cm³/mol.